The summed E-state index contributed by atoms with van der Waals surface area (Å²) in [6.07, 6.45) is 2.90. The van der Waals surface area contributed by atoms with Crippen LogP contribution in [0.25, 0.3) is 0 Å². The molecule has 0 aliphatic carbocycles. The smallest absolute Gasteiger partial charge is 0.145 e. The Morgan fingerprint density at radius 2 is 2.55 bits per heavy atom. The lowest BCUT2D eigenvalue weighted by Gasteiger charge is -2.26. The fourth-order valence-electron chi connectivity index (χ4n) is 1.36. The molecule has 0 atom stereocenters. The summed E-state index contributed by atoms with van der Waals surface area (Å²) in [7, 11) is 1.99. The fourth-order valence-corrected chi connectivity index (χ4v) is 1.36. The van der Waals surface area contributed by atoms with Gasteiger partial charge >= 0.3 is 0 Å². The Balaban J connectivity index is 2.44. The van der Waals surface area contributed by atoms with Gasteiger partial charge in [0.05, 0.1) is 0 Å². The van der Waals surface area contributed by atoms with Crippen molar-refractivity contribution in [3.8, 4) is 0 Å². The van der Waals surface area contributed by atoms with Crippen LogP contribution in [0.2, 0.25) is 0 Å². The maximum atomic E-state index is 4.26. The number of nitrogens with zero attached hydrogens (tertiary/aromatic N) is 2. The lowest BCUT2D eigenvalue weighted by molar-refractivity contribution is 0.630. The van der Waals surface area contributed by atoms with Crippen LogP contribution >= 0.6 is 0 Å². The zero-order chi connectivity index (χ0) is 7.68. The lowest BCUT2D eigenvalue weighted by atomic mass is 10.1. The fraction of sp³-hybridized carbons (Fsp3) is 0.375. The molecule has 3 heteroatoms. The van der Waals surface area contributed by atoms with E-state index in [2.05, 4.69) is 16.5 Å². The molecule has 0 fully saturated rings. The van der Waals surface area contributed by atoms with E-state index in [0.29, 0.717) is 0 Å². The normalized spacial score (nSPS) is 16.3. The van der Waals surface area contributed by atoms with Crippen molar-refractivity contribution in [3.63, 3.8) is 0 Å². The second-order valence-corrected chi connectivity index (χ2v) is 2.70. The van der Waals surface area contributed by atoms with Crippen LogP contribution in [0.1, 0.15) is 5.56 Å². The Bertz CT molecular complexity index is 259. The van der Waals surface area contributed by atoms with E-state index in [1.54, 1.807) is 0 Å². The predicted octanol–water partition coefficient (Wildman–Crippen LogP) is 0.578. The molecule has 1 aromatic rings. The molecule has 11 heavy (non-hydrogen) atoms. The molecule has 0 bridgehead atoms. The van der Waals surface area contributed by atoms with Gasteiger partial charge in [-0.15, -0.1) is 0 Å². The van der Waals surface area contributed by atoms with E-state index in [-0.39, 0.29) is 0 Å². The van der Waals surface area contributed by atoms with Crippen LogP contribution in [0.15, 0.2) is 18.3 Å². The van der Waals surface area contributed by atoms with Crippen molar-refractivity contribution in [2.24, 2.45) is 0 Å². The van der Waals surface area contributed by atoms with Gasteiger partial charge in [-0.2, -0.15) is 0 Å². The minimum absolute atomic E-state index is 1.01. The average molecular weight is 149 g/mol. The molecule has 1 aromatic heterocycles. The number of pyridine rings is 1. The maximum Gasteiger partial charge on any atom is 0.145 e. The van der Waals surface area contributed by atoms with Gasteiger partial charge in [-0.3, -0.25) is 5.01 Å². The topological polar surface area (TPSA) is 28.2 Å². The van der Waals surface area contributed by atoms with Crippen molar-refractivity contribution in [1.82, 2.24) is 10.4 Å². The molecule has 58 valence electrons. The molecule has 1 aliphatic heterocycles. The zero-order valence-electron chi connectivity index (χ0n) is 6.54. The Kier molecular flexibility index (Phi) is 1.51. The summed E-state index contributed by atoms with van der Waals surface area (Å²) >= 11 is 0. The van der Waals surface area contributed by atoms with E-state index in [1.807, 2.05) is 24.3 Å². The number of fused-ring (bicyclic) bond motifs is 1. The van der Waals surface area contributed by atoms with Crippen molar-refractivity contribution < 1.29 is 0 Å². The molecule has 0 amide bonds. The van der Waals surface area contributed by atoms with Gasteiger partial charge in [0.25, 0.3) is 0 Å². The summed E-state index contributed by atoms with van der Waals surface area (Å²) in [6, 6.07) is 4.11. The summed E-state index contributed by atoms with van der Waals surface area (Å²) in [5.41, 5.74) is 4.54. The zero-order valence-corrected chi connectivity index (χ0v) is 6.54. The van der Waals surface area contributed by atoms with Gasteiger partial charge in [0, 0.05) is 19.8 Å². The highest BCUT2D eigenvalue weighted by atomic mass is 15.5. The first kappa shape index (κ1) is 6.61. The summed E-state index contributed by atoms with van der Waals surface area (Å²) in [6.45, 7) is 1.01. The lowest BCUT2D eigenvalue weighted by Crippen LogP contribution is -2.40. The molecule has 0 unspecified atom stereocenters. The van der Waals surface area contributed by atoms with Crippen molar-refractivity contribution in [3.05, 3.63) is 23.9 Å². The standard InChI is InChI=1S/C8H11N3/c1-11-8-7(4-6-10-11)3-2-5-9-8/h2-3,5,10H,4,6H2,1H3. The molecule has 1 N–H and O–H groups in total. The Hall–Kier alpha value is -1.09. The van der Waals surface area contributed by atoms with Gasteiger partial charge < -0.3 is 0 Å². The molecule has 0 aromatic carbocycles. The van der Waals surface area contributed by atoms with Crippen molar-refractivity contribution in [2.75, 3.05) is 18.6 Å². The minimum Gasteiger partial charge on any atom is -0.295 e. The first-order valence-electron chi connectivity index (χ1n) is 3.79. The second-order valence-electron chi connectivity index (χ2n) is 2.70. The van der Waals surface area contributed by atoms with Crippen LogP contribution < -0.4 is 10.4 Å². The number of hydrogen-bond acceptors (Lipinski definition) is 3. The van der Waals surface area contributed by atoms with E-state index in [1.165, 1.54) is 5.56 Å². The molecule has 2 rings (SSSR count). The molecule has 0 radical (unpaired) electrons. The molecular weight excluding hydrogens is 138 g/mol. The number of nitrogens with one attached hydrogen (secondary N) is 1. The van der Waals surface area contributed by atoms with E-state index in [0.717, 1.165) is 18.8 Å². The highest BCUT2D eigenvalue weighted by molar-refractivity contribution is 5.46. The third-order valence-electron chi connectivity index (χ3n) is 1.93. The van der Waals surface area contributed by atoms with Crippen LogP contribution in [0.4, 0.5) is 5.82 Å². The van der Waals surface area contributed by atoms with Gasteiger partial charge in [-0.1, -0.05) is 6.07 Å². The van der Waals surface area contributed by atoms with Gasteiger partial charge in [0.2, 0.25) is 0 Å². The number of aromatic nitrogens is 1. The van der Waals surface area contributed by atoms with Crippen LogP contribution in [0, 0.1) is 0 Å². The third kappa shape index (κ3) is 1.07. The van der Waals surface area contributed by atoms with Crippen LogP contribution in [0.5, 0.6) is 0 Å². The maximum absolute atomic E-state index is 4.26. The van der Waals surface area contributed by atoms with Gasteiger partial charge in [-0.05, 0) is 18.1 Å². The quantitative estimate of drug-likeness (QED) is 0.584. The van der Waals surface area contributed by atoms with E-state index < -0.39 is 0 Å². The number of rotatable bonds is 0. The molecule has 2 heterocycles. The monoisotopic (exact) mass is 149 g/mol. The molecule has 0 saturated heterocycles. The highest BCUT2D eigenvalue weighted by Crippen LogP contribution is 2.17. The van der Waals surface area contributed by atoms with Gasteiger partial charge in [-0.25, -0.2) is 10.4 Å². The summed E-state index contributed by atoms with van der Waals surface area (Å²) in [5, 5.41) is 1.97. The number of hydrogen-bond donors (Lipinski definition) is 1. The van der Waals surface area contributed by atoms with Crippen LogP contribution in [-0.2, 0) is 6.42 Å². The average Bonchev–Trinajstić information content (AvgIpc) is 2.06. The van der Waals surface area contributed by atoms with Crippen LogP contribution in [0.3, 0.4) is 0 Å². The Labute approximate surface area is 66.0 Å². The highest BCUT2D eigenvalue weighted by Gasteiger charge is 2.12. The van der Waals surface area contributed by atoms with E-state index >= 15 is 0 Å². The molecule has 1 aliphatic rings. The first-order valence-corrected chi connectivity index (χ1v) is 3.79. The van der Waals surface area contributed by atoms with Crippen LogP contribution in [-0.4, -0.2) is 18.6 Å². The second kappa shape index (κ2) is 2.51. The summed E-state index contributed by atoms with van der Waals surface area (Å²) in [5.74, 6) is 1.05. The summed E-state index contributed by atoms with van der Waals surface area (Å²) in [4.78, 5) is 4.26. The first-order chi connectivity index (χ1) is 5.38. The SMILES string of the molecule is CN1NCCc2cccnc21. The molecule has 0 spiro atoms. The molecule has 3 nitrogen and oxygen atoms in total. The number of anilines is 1. The Morgan fingerprint density at radius 1 is 1.64 bits per heavy atom. The molecule has 0 saturated carbocycles. The van der Waals surface area contributed by atoms with Gasteiger partial charge in [0.1, 0.15) is 5.82 Å². The van der Waals surface area contributed by atoms with E-state index in [4.69, 9.17) is 0 Å². The number of hydrazine groups is 1. The third-order valence-corrected chi connectivity index (χ3v) is 1.93. The van der Waals surface area contributed by atoms with Gasteiger partial charge in [0.15, 0.2) is 0 Å². The summed E-state index contributed by atoms with van der Waals surface area (Å²) < 4.78 is 0. The van der Waals surface area contributed by atoms with E-state index in [9.17, 15) is 0 Å². The Morgan fingerprint density at radius 3 is 3.36 bits per heavy atom. The van der Waals surface area contributed by atoms with Crippen molar-refractivity contribution in [2.45, 2.75) is 6.42 Å². The predicted molar refractivity (Wildman–Crippen MR) is 44.3 cm³/mol. The van der Waals surface area contributed by atoms with Crippen molar-refractivity contribution in [1.29, 1.82) is 0 Å². The molecular formula is C8H11N3. The minimum atomic E-state index is 1.01. The van der Waals surface area contributed by atoms with Crippen molar-refractivity contribution >= 4 is 5.82 Å². The largest absolute Gasteiger partial charge is 0.295 e.